The fraction of sp³-hybridized carbons (Fsp3) is 0.500. The summed E-state index contributed by atoms with van der Waals surface area (Å²) >= 11 is -2.18. The van der Waals surface area contributed by atoms with E-state index in [0.717, 1.165) is 23.4 Å². The van der Waals surface area contributed by atoms with Crippen LogP contribution in [-0.4, -0.2) is 32.7 Å². The smallest absolute Gasteiger partial charge is 0.0382 e. The maximum Gasteiger partial charge on any atom is 0.0382 e. The van der Waals surface area contributed by atoms with Crippen LogP contribution in [0.4, 0.5) is 11.4 Å². The van der Waals surface area contributed by atoms with Crippen molar-refractivity contribution in [1.82, 2.24) is 4.31 Å². The van der Waals surface area contributed by atoms with Gasteiger partial charge in [0.25, 0.3) is 0 Å². The maximum atomic E-state index is 10.9. The Kier molecular flexibility index (Phi) is 5.58. The van der Waals surface area contributed by atoms with E-state index in [9.17, 15) is 8.76 Å². The highest BCUT2D eigenvalue weighted by Gasteiger charge is 2.12. The van der Waals surface area contributed by atoms with Crippen molar-refractivity contribution in [3.63, 3.8) is 0 Å². The van der Waals surface area contributed by atoms with Crippen molar-refractivity contribution in [2.75, 3.05) is 24.6 Å². The van der Waals surface area contributed by atoms with Crippen LogP contribution < -0.4 is 11.1 Å². The first-order valence-corrected chi connectivity index (χ1v) is 6.91. The summed E-state index contributed by atoms with van der Waals surface area (Å²) in [4.78, 5) is 0. The Bertz CT molecular complexity index is 426. The molecule has 0 aliphatic heterocycles. The van der Waals surface area contributed by atoms with Crippen LogP contribution in [0.15, 0.2) is 18.2 Å². The van der Waals surface area contributed by atoms with E-state index in [4.69, 9.17) is 5.73 Å². The number of hydrogen-bond acceptors (Lipinski definition) is 4. The monoisotopic (exact) mass is 270 g/mol. The predicted molar refractivity (Wildman–Crippen MR) is 74.8 cm³/mol. The molecule has 0 aliphatic carbocycles. The molecule has 18 heavy (non-hydrogen) atoms. The third kappa shape index (κ3) is 3.97. The lowest BCUT2D eigenvalue weighted by molar-refractivity contribution is 0.354. The number of hydrogen-bond donors (Lipinski definition) is 2. The Morgan fingerprint density at radius 1 is 1.56 bits per heavy atom. The third-order valence-electron chi connectivity index (χ3n) is 3.03. The van der Waals surface area contributed by atoms with Crippen molar-refractivity contribution < 1.29 is 8.76 Å². The Morgan fingerprint density at radius 2 is 2.22 bits per heavy atom. The molecular weight excluding hydrogens is 250 g/mol. The average Bonchev–Trinajstić information content (AvgIpc) is 2.33. The summed E-state index contributed by atoms with van der Waals surface area (Å²) in [5.41, 5.74) is 8.45. The van der Waals surface area contributed by atoms with Crippen molar-refractivity contribution in [1.29, 1.82) is 0 Å². The molecule has 3 N–H and O–H groups in total. The summed E-state index contributed by atoms with van der Waals surface area (Å²) in [6.07, 6.45) is 0.755. The first kappa shape index (κ1) is 14.9. The maximum absolute atomic E-state index is 10.9. The highest BCUT2D eigenvalue weighted by atomic mass is 32.2. The minimum Gasteiger partial charge on any atom is -0.760 e. The highest BCUT2D eigenvalue weighted by molar-refractivity contribution is 7.76. The molecule has 2 unspecified atom stereocenters. The van der Waals surface area contributed by atoms with E-state index in [1.165, 1.54) is 4.31 Å². The molecule has 1 aromatic carbocycles. The lowest BCUT2D eigenvalue weighted by atomic mass is 10.1. The van der Waals surface area contributed by atoms with Crippen LogP contribution in [0.1, 0.15) is 18.9 Å². The highest BCUT2D eigenvalue weighted by Crippen LogP contribution is 2.17. The Morgan fingerprint density at radius 3 is 2.72 bits per heavy atom. The van der Waals surface area contributed by atoms with E-state index in [1.54, 1.807) is 7.05 Å². The van der Waals surface area contributed by atoms with Gasteiger partial charge in [0.2, 0.25) is 0 Å². The second-order valence-electron chi connectivity index (χ2n) is 4.28. The predicted octanol–water partition coefficient (Wildman–Crippen LogP) is 1.49. The Hall–Kier alpha value is -1.11. The van der Waals surface area contributed by atoms with Gasteiger partial charge < -0.3 is 15.6 Å². The summed E-state index contributed by atoms with van der Waals surface area (Å²) in [5, 5.41) is 3.23. The summed E-state index contributed by atoms with van der Waals surface area (Å²) in [7, 11) is 1.58. The van der Waals surface area contributed by atoms with Gasteiger partial charge in [0.15, 0.2) is 0 Å². The molecule has 0 aliphatic rings. The van der Waals surface area contributed by atoms with E-state index in [-0.39, 0.29) is 6.04 Å². The number of anilines is 2. The molecule has 2 atom stereocenters. The molecule has 0 aromatic heterocycles. The SMILES string of the molecule is CCC(CNc1ccc(N)c(C)c1)N(C)S(=O)[O-]. The number of nitrogens with zero attached hydrogens (tertiary/aromatic N) is 1. The van der Waals surface area contributed by atoms with Gasteiger partial charge in [0, 0.05) is 35.2 Å². The molecule has 5 nitrogen and oxygen atoms in total. The molecule has 0 amide bonds. The Labute approximate surface area is 111 Å². The fourth-order valence-electron chi connectivity index (χ4n) is 1.67. The third-order valence-corrected chi connectivity index (χ3v) is 3.80. The number of likely N-dealkylation sites (N-methyl/N-ethyl adjacent to an activating group) is 1. The zero-order valence-corrected chi connectivity index (χ0v) is 11.8. The summed E-state index contributed by atoms with van der Waals surface area (Å²) in [6, 6.07) is 5.63. The lowest BCUT2D eigenvalue weighted by Gasteiger charge is -2.28. The average molecular weight is 270 g/mol. The molecule has 0 radical (unpaired) electrons. The fourth-order valence-corrected chi connectivity index (χ4v) is 2.14. The zero-order valence-electron chi connectivity index (χ0n) is 11.0. The number of aryl methyl sites for hydroxylation is 1. The summed E-state index contributed by atoms with van der Waals surface area (Å²) < 4.78 is 23.1. The number of nitrogens with one attached hydrogen (secondary N) is 1. The van der Waals surface area contributed by atoms with Crippen molar-refractivity contribution in [2.24, 2.45) is 0 Å². The van der Waals surface area contributed by atoms with Gasteiger partial charge in [-0.25, -0.2) is 4.31 Å². The van der Waals surface area contributed by atoms with E-state index >= 15 is 0 Å². The van der Waals surface area contributed by atoms with Gasteiger partial charge in [0.05, 0.1) is 0 Å². The van der Waals surface area contributed by atoms with Crippen molar-refractivity contribution in [3.8, 4) is 0 Å². The molecule has 1 rings (SSSR count). The van der Waals surface area contributed by atoms with Gasteiger partial charge in [-0.3, -0.25) is 4.21 Å². The summed E-state index contributed by atoms with van der Waals surface area (Å²) in [5.74, 6) is 0. The first-order valence-electron chi connectivity index (χ1n) is 5.88. The molecule has 0 fully saturated rings. The second-order valence-corrected chi connectivity index (χ2v) is 5.29. The van der Waals surface area contributed by atoms with E-state index in [2.05, 4.69) is 5.32 Å². The molecule has 1 aromatic rings. The molecule has 102 valence electrons. The van der Waals surface area contributed by atoms with Crippen LogP contribution in [0.2, 0.25) is 0 Å². The minimum absolute atomic E-state index is 0.0545. The number of rotatable bonds is 6. The van der Waals surface area contributed by atoms with Crippen LogP contribution in [0.5, 0.6) is 0 Å². The standard InChI is InChI=1S/C12H21N3O2S/c1-4-11(15(3)18(16)17)8-14-10-5-6-12(13)9(2)7-10/h5-7,11,14H,4,8,13H2,1-3H3,(H,16,17)/p-1. The topological polar surface area (TPSA) is 81.4 Å². The van der Waals surface area contributed by atoms with Crippen LogP contribution in [0, 0.1) is 6.92 Å². The molecule has 0 heterocycles. The van der Waals surface area contributed by atoms with E-state index in [1.807, 2.05) is 32.0 Å². The van der Waals surface area contributed by atoms with Gasteiger partial charge in [-0.05, 0) is 44.2 Å². The largest absolute Gasteiger partial charge is 0.760 e. The van der Waals surface area contributed by atoms with Gasteiger partial charge >= 0.3 is 0 Å². The van der Waals surface area contributed by atoms with Gasteiger partial charge in [0.1, 0.15) is 0 Å². The number of nitrogen functional groups attached to an aromatic ring is 1. The molecule has 0 spiro atoms. The van der Waals surface area contributed by atoms with Crippen LogP contribution in [-0.2, 0) is 11.3 Å². The normalized spacial score (nSPS) is 14.5. The molecular formula is C12H20N3O2S-. The molecule has 0 saturated carbocycles. The van der Waals surface area contributed by atoms with Crippen molar-refractivity contribution >= 4 is 22.6 Å². The van der Waals surface area contributed by atoms with E-state index in [0.29, 0.717) is 6.54 Å². The van der Waals surface area contributed by atoms with Crippen LogP contribution in [0.25, 0.3) is 0 Å². The minimum atomic E-state index is -2.18. The number of benzene rings is 1. The summed E-state index contributed by atoms with van der Waals surface area (Å²) in [6.45, 7) is 4.48. The van der Waals surface area contributed by atoms with Crippen molar-refractivity contribution in [3.05, 3.63) is 23.8 Å². The second kappa shape index (κ2) is 6.72. The lowest BCUT2D eigenvalue weighted by Crippen LogP contribution is -2.37. The molecule has 0 saturated heterocycles. The van der Waals surface area contributed by atoms with Gasteiger partial charge in [-0.1, -0.05) is 6.92 Å². The molecule has 6 heteroatoms. The van der Waals surface area contributed by atoms with Crippen LogP contribution in [0.3, 0.4) is 0 Å². The quantitative estimate of drug-likeness (QED) is 0.606. The van der Waals surface area contributed by atoms with Crippen LogP contribution >= 0.6 is 0 Å². The Balaban J connectivity index is 2.62. The van der Waals surface area contributed by atoms with Crippen molar-refractivity contribution in [2.45, 2.75) is 26.3 Å². The first-order chi connectivity index (χ1) is 8.45. The van der Waals surface area contributed by atoms with E-state index < -0.39 is 11.3 Å². The van der Waals surface area contributed by atoms with Gasteiger partial charge in [-0.15, -0.1) is 0 Å². The zero-order chi connectivity index (χ0) is 13.7. The van der Waals surface area contributed by atoms with Gasteiger partial charge in [-0.2, -0.15) is 0 Å². The number of nitrogens with two attached hydrogens (primary N) is 1. The molecule has 0 bridgehead atoms.